The zero-order valence-electron chi connectivity index (χ0n) is 9.04. The van der Waals surface area contributed by atoms with Crippen LogP contribution in [0.15, 0.2) is 0 Å². The molecule has 0 aromatic heterocycles. The summed E-state index contributed by atoms with van der Waals surface area (Å²) in [6, 6.07) is 1.67. The van der Waals surface area contributed by atoms with Crippen LogP contribution in [0.25, 0.3) is 0 Å². The molecule has 3 nitrogen and oxygen atoms in total. The van der Waals surface area contributed by atoms with Crippen LogP contribution in [0.3, 0.4) is 0 Å². The molecule has 1 heterocycles. The first-order valence-corrected chi connectivity index (χ1v) is 6.07. The van der Waals surface area contributed by atoms with Gasteiger partial charge in [0, 0.05) is 25.2 Å². The molecule has 0 aromatic rings. The highest BCUT2D eigenvalue weighted by Crippen LogP contribution is 2.28. The van der Waals surface area contributed by atoms with Crippen molar-refractivity contribution in [2.45, 2.75) is 44.2 Å². The van der Waals surface area contributed by atoms with E-state index in [-0.39, 0.29) is 0 Å². The highest BCUT2D eigenvalue weighted by Gasteiger charge is 2.30. The molecule has 2 rings (SSSR count). The lowest BCUT2D eigenvalue weighted by Crippen LogP contribution is -2.34. The SMILES string of the molecule is NCCNC1CCCN(C2CC2)CC1. The number of rotatable bonds is 4. The summed E-state index contributed by atoms with van der Waals surface area (Å²) >= 11 is 0. The Morgan fingerprint density at radius 2 is 2.00 bits per heavy atom. The number of nitrogens with one attached hydrogen (secondary N) is 1. The molecule has 3 N–H and O–H groups in total. The van der Waals surface area contributed by atoms with Crippen molar-refractivity contribution in [2.75, 3.05) is 26.2 Å². The molecule has 14 heavy (non-hydrogen) atoms. The Bertz CT molecular complexity index is 168. The van der Waals surface area contributed by atoms with Crippen LogP contribution < -0.4 is 11.1 Å². The second-order valence-electron chi connectivity index (χ2n) is 4.64. The predicted octanol–water partition coefficient (Wildman–Crippen LogP) is 0.552. The first-order chi connectivity index (χ1) is 6.90. The van der Waals surface area contributed by atoms with Gasteiger partial charge in [-0.1, -0.05) is 0 Å². The summed E-state index contributed by atoms with van der Waals surface area (Å²) in [7, 11) is 0. The van der Waals surface area contributed by atoms with Gasteiger partial charge >= 0.3 is 0 Å². The Balaban J connectivity index is 1.70. The molecule has 1 saturated carbocycles. The van der Waals surface area contributed by atoms with Gasteiger partial charge < -0.3 is 16.0 Å². The van der Waals surface area contributed by atoms with Crippen molar-refractivity contribution in [3.05, 3.63) is 0 Å². The molecule has 1 atom stereocenters. The van der Waals surface area contributed by atoms with Crippen molar-refractivity contribution < 1.29 is 0 Å². The highest BCUT2D eigenvalue weighted by atomic mass is 15.2. The molecule has 1 unspecified atom stereocenters. The Kier molecular flexibility index (Phi) is 3.79. The average Bonchev–Trinajstić information content (AvgIpc) is 3.01. The minimum Gasteiger partial charge on any atom is -0.329 e. The molecule has 1 aliphatic carbocycles. The summed E-state index contributed by atoms with van der Waals surface area (Å²) < 4.78 is 0. The summed E-state index contributed by atoms with van der Waals surface area (Å²) in [6.45, 7) is 4.37. The van der Waals surface area contributed by atoms with E-state index in [2.05, 4.69) is 10.2 Å². The molecule has 82 valence electrons. The van der Waals surface area contributed by atoms with E-state index in [1.54, 1.807) is 0 Å². The molecular weight excluding hydrogens is 174 g/mol. The Morgan fingerprint density at radius 1 is 1.14 bits per heavy atom. The summed E-state index contributed by atoms with van der Waals surface area (Å²) in [6.07, 6.45) is 6.90. The number of likely N-dealkylation sites (tertiary alicyclic amines) is 1. The standard InChI is InChI=1S/C11H23N3/c12-6-7-13-10-2-1-8-14(9-5-10)11-3-4-11/h10-11,13H,1-9,12H2. The van der Waals surface area contributed by atoms with E-state index < -0.39 is 0 Å². The fraction of sp³-hybridized carbons (Fsp3) is 1.00. The van der Waals surface area contributed by atoms with Crippen molar-refractivity contribution in [1.29, 1.82) is 0 Å². The molecular formula is C11H23N3. The summed E-state index contributed by atoms with van der Waals surface area (Å²) in [5.41, 5.74) is 5.50. The van der Waals surface area contributed by atoms with Gasteiger partial charge in [-0.2, -0.15) is 0 Å². The van der Waals surface area contributed by atoms with Crippen LogP contribution in [0.2, 0.25) is 0 Å². The molecule has 1 aliphatic heterocycles. The summed E-state index contributed by atoms with van der Waals surface area (Å²) in [4.78, 5) is 2.68. The smallest absolute Gasteiger partial charge is 0.00964 e. The third-order valence-corrected chi connectivity index (χ3v) is 3.40. The van der Waals surface area contributed by atoms with Crippen molar-refractivity contribution >= 4 is 0 Å². The minimum atomic E-state index is 0.724. The van der Waals surface area contributed by atoms with Crippen LogP contribution in [-0.2, 0) is 0 Å². The third kappa shape index (κ3) is 2.94. The topological polar surface area (TPSA) is 41.3 Å². The van der Waals surface area contributed by atoms with Crippen LogP contribution in [0.5, 0.6) is 0 Å². The molecule has 0 aromatic carbocycles. The third-order valence-electron chi connectivity index (χ3n) is 3.40. The minimum absolute atomic E-state index is 0.724. The van der Waals surface area contributed by atoms with Crippen LogP contribution in [0.4, 0.5) is 0 Å². The lowest BCUT2D eigenvalue weighted by atomic mass is 10.1. The normalized spacial score (nSPS) is 30.2. The van der Waals surface area contributed by atoms with Crippen molar-refractivity contribution in [3.63, 3.8) is 0 Å². The molecule has 0 spiro atoms. The van der Waals surface area contributed by atoms with Crippen LogP contribution in [0, 0.1) is 0 Å². The summed E-state index contributed by atoms with van der Waals surface area (Å²) in [5, 5.41) is 3.54. The monoisotopic (exact) mass is 197 g/mol. The quantitative estimate of drug-likeness (QED) is 0.691. The van der Waals surface area contributed by atoms with Crippen molar-refractivity contribution in [3.8, 4) is 0 Å². The van der Waals surface area contributed by atoms with Gasteiger partial charge in [0.25, 0.3) is 0 Å². The maximum atomic E-state index is 5.50. The van der Waals surface area contributed by atoms with Crippen LogP contribution in [0.1, 0.15) is 32.1 Å². The molecule has 1 saturated heterocycles. The maximum absolute atomic E-state index is 5.50. The van der Waals surface area contributed by atoms with Gasteiger partial charge in [-0.15, -0.1) is 0 Å². The Morgan fingerprint density at radius 3 is 2.71 bits per heavy atom. The lowest BCUT2D eigenvalue weighted by Gasteiger charge is -2.19. The van der Waals surface area contributed by atoms with Gasteiger partial charge in [-0.3, -0.25) is 0 Å². The first-order valence-electron chi connectivity index (χ1n) is 6.07. The fourth-order valence-corrected chi connectivity index (χ4v) is 2.41. The molecule has 0 radical (unpaired) electrons. The molecule has 0 amide bonds. The van der Waals surface area contributed by atoms with E-state index in [0.717, 1.165) is 25.2 Å². The zero-order chi connectivity index (χ0) is 9.80. The van der Waals surface area contributed by atoms with E-state index in [1.807, 2.05) is 0 Å². The first kappa shape index (κ1) is 10.4. The number of hydrogen-bond donors (Lipinski definition) is 2. The molecule has 0 bridgehead atoms. The zero-order valence-corrected chi connectivity index (χ0v) is 9.04. The van der Waals surface area contributed by atoms with Gasteiger partial charge in [0.2, 0.25) is 0 Å². The highest BCUT2D eigenvalue weighted by molar-refractivity contribution is 4.87. The van der Waals surface area contributed by atoms with E-state index in [1.165, 1.54) is 45.2 Å². The number of nitrogens with zero attached hydrogens (tertiary/aromatic N) is 1. The molecule has 2 fully saturated rings. The average molecular weight is 197 g/mol. The molecule has 3 heteroatoms. The Hall–Kier alpha value is -0.120. The van der Waals surface area contributed by atoms with Crippen LogP contribution in [-0.4, -0.2) is 43.2 Å². The number of nitrogens with two attached hydrogens (primary N) is 1. The van der Waals surface area contributed by atoms with Gasteiger partial charge in [-0.05, 0) is 45.2 Å². The van der Waals surface area contributed by atoms with Gasteiger partial charge in [0.05, 0.1) is 0 Å². The van der Waals surface area contributed by atoms with Gasteiger partial charge in [0.15, 0.2) is 0 Å². The van der Waals surface area contributed by atoms with Gasteiger partial charge in [0.1, 0.15) is 0 Å². The van der Waals surface area contributed by atoms with Crippen molar-refractivity contribution in [2.24, 2.45) is 5.73 Å². The second kappa shape index (κ2) is 5.10. The molecule has 2 aliphatic rings. The van der Waals surface area contributed by atoms with Crippen molar-refractivity contribution in [1.82, 2.24) is 10.2 Å². The Labute approximate surface area is 87.0 Å². The van der Waals surface area contributed by atoms with Gasteiger partial charge in [-0.25, -0.2) is 0 Å². The number of hydrogen-bond acceptors (Lipinski definition) is 3. The fourth-order valence-electron chi connectivity index (χ4n) is 2.41. The van der Waals surface area contributed by atoms with E-state index in [0.29, 0.717) is 0 Å². The summed E-state index contributed by atoms with van der Waals surface area (Å²) in [5.74, 6) is 0. The van der Waals surface area contributed by atoms with E-state index in [9.17, 15) is 0 Å². The predicted molar refractivity (Wildman–Crippen MR) is 59.3 cm³/mol. The van der Waals surface area contributed by atoms with E-state index in [4.69, 9.17) is 5.73 Å². The maximum Gasteiger partial charge on any atom is 0.00964 e. The largest absolute Gasteiger partial charge is 0.329 e. The van der Waals surface area contributed by atoms with Crippen LogP contribution >= 0.6 is 0 Å². The lowest BCUT2D eigenvalue weighted by molar-refractivity contribution is 0.272. The van der Waals surface area contributed by atoms with E-state index >= 15 is 0 Å². The second-order valence-corrected chi connectivity index (χ2v) is 4.64.